The summed E-state index contributed by atoms with van der Waals surface area (Å²) in [5.41, 5.74) is 3.13. The molecule has 1 aromatic carbocycles. The van der Waals surface area contributed by atoms with Crippen molar-refractivity contribution in [2.24, 2.45) is 0 Å². The zero-order valence-corrected chi connectivity index (χ0v) is 13.9. The molecule has 0 N–H and O–H groups in total. The van der Waals surface area contributed by atoms with Crippen LogP contribution in [0.4, 0.5) is 0 Å². The topological polar surface area (TPSA) is 65.6 Å². The lowest BCUT2D eigenvalue weighted by atomic mass is 10.1. The molecule has 23 heavy (non-hydrogen) atoms. The minimum atomic E-state index is -0.108. The maximum absolute atomic E-state index is 12.3. The van der Waals surface area contributed by atoms with E-state index in [4.69, 9.17) is 0 Å². The summed E-state index contributed by atoms with van der Waals surface area (Å²) in [5, 5.41) is 4.29. The van der Waals surface area contributed by atoms with Gasteiger partial charge in [0, 0.05) is 10.0 Å². The molecular formula is C16H12BrN5O. The van der Waals surface area contributed by atoms with Gasteiger partial charge in [0.05, 0.1) is 17.9 Å². The van der Waals surface area contributed by atoms with E-state index in [0.29, 0.717) is 12.2 Å². The number of hydrogen-bond donors (Lipinski definition) is 0. The van der Waals surface area contributed by atoms with Gasteiger partial charge in [0.15, 0.2) is 5.82 Å². The largest absolute Gasteiger partial charge is 0.300 e. The van der Waals surface area contributed by atoms with Crippen LogP contribution in [0.3, 0.4) is 0 Å². The van der Waals surface area contributed by atoms with Gasteiger partial charge in [-0.1, -0.05) is 22.0 Å². The fraction of sp³-hybridized carbons (Fsp3) is 0.125. The first kappa shape index (κ1) is 14.1. The van der Waals surface area contributed by atoms with Crippen molar-refractivity contribution in [3.8, 4) is 17.1 Å². The van der Waals surface area contributed by atoms with Gasteiger partial charge >= 0.3 is 0 Å². The molecule has 1 aliphatic rings. The summed E-state index contributed by atoms with van der Waals surface area (Å²) >= 11 is 3.50. The Hall–Kier alpha value is -2.54. The van der Waals surface area contributed by atoms with Gasteiger partial charge in [-0.25, -0.2) is 14.6 Å². The first-order valence-electron chi connectivity index (χ1n) is 7.10. The Morgan fingerprint density at radius 1 is 1.35 bits per heavy atom. The Balaban J connectivity index is 2.01. The average Bonchev–Trinajstić information content (AvgIpc) is 3.13. The minimum absolute atomic E-state index is 0.108. The molecule has 0 aliphatic carbocycles. The quantitative estimate of drug-likeness (QED) is 0.402. The van der Waals surface area contributed by atoms with Crippen LogP contribution in [0.25, 0.3) is 17.1 Å². The van der Waals surface area contributed by atoms with Gasteiger partial charge in [0.25, 0.3) is 0 Å². The molecule has 0 radical (unpaired) electrons. The Morgan fingerprint density at radius 2 is 2.22 bits per heavy atom. The number of allylic oxidation sites excluding steroid dienone is 2. The second-order valence-corrected chi connectivity index (χ2v) is 6.09. The Morgan fingerprint density at radius 3 is 3.04 bits per heavy atom. The van der Waals surface area contributed by atoms with Crippen molar-refractivity contribution >= 4 is 21.7 Å². The third kappa shape index (κ3) is 2.16. The summed E-state index contributed by atoms with van der Waals surface area (Å²) in [5.74, 6) is 0.665. The number of halogens is 1. The van der Waals surface area contributed by atoms with Gasteiger partial charge in [-0.05, 0) is 31.2 Å². The molecule has 0 fully saturated rings. The number of imidazole rings is 1. The highest BCUT2D eigenvalue weighted by Gasteiger charge is 2.25. The first-order valence-corrected chi connectivity index (χ1v) is 7.89. The number of carbonyl (C=O) groups is 1. The number of ketones is 1. The molecule has 3 aromatic rings. The van der Waals surface area contributed by atoms with E-state index in [1.807, 2.05) is 29.7 Å². The number of rotatable bonds is 2. The fourth-order valence-electron chi connectivity index (χ4n) is 2.80. The first-order chi connectivity index (χ1) is 11.2. The molecule has 4 rings (SSSR count). The van der Waals surface area contributed by atoms with E-state index in [9.17, 15) is 4.79 Å². The lowest BCUT2D eigenvalue weighted by Crippen LogP contribution is -2.09. The molecule has 0 spiro atoms. The van der Waals surface area contributed by atoms with Crippen LogP contribution in [0.15, 0.2) is 47.5 Å². The highest BCUT2D eigenvalue weighted by atomic mass is 79.9. The van der Waals surface area contributed by atoms with Crippen molar-refractivity contribution in [3.05, 3.63) is 58.9 Å². The normalized spacial score (nSPS) is 12.6. The van der Waals surface area contributed by atoms with E-state index in [0.717, 1.165) is 27.2 Å². The molecule has 0 saturated carbocycles. The van der Waals surface area contributed by atoms with Crippen LogP contribution in [0.2, 0.25) is 0 Å². The molecule has 0 bridgehead atoms. The summed E-state index contributed by atoms with van der Waals surface area (Å²) in [6.45, 7) is 2.26. The molecule has 3 heterocycles. The number of hydrogen-bond acceptors (Lipinski definition) is 4. The van der Waals surface area contributed by atoms with Gasteiger partial charge < -0.3 is 0 Å². The van der Waals surface area contributed by atoms with Gasteiger partial charge in [-0.15, -0.1) is 0 Å². The molecule has 7 heteroatoms. The van der Waals surface area contributed by atoms with Crippen LogP contribution >= 0.6 is 15.9 Å². The van der Waals surface area contributed by atoms with Gasteiger partial charge in [-0.2, -0.15) is 5.10 Å². The zero-order valence-electron chi connectivity index (χ0n) is 12.3. The van der Waals surface area contributed by atoms with Crippen molar-refractivity contribution in [2.75, 3.05) is 0 Å². The van der Waals surface area contributed by atoms with Gasteiger partial charge in [-0.3, -0.25) is 9.36 Å². The molecule has 0 saturated heterocycles. The van der Waals surface area contributed by atoms with E-state index in [1.165, 1.54) is 12.4 Å². The third-order valence-electron chi connectivity index (χ3n) is 3.79. The predicted molar refractivity (Wildman–Crippen MR) is 88.5 cm³/mol. The molecule has 1 aliphatic heterocycles. The van der Waals surface area contributed by atoms with E-state index in [2.05, 4.69) is 31.0 Å². The number of carbonyl (C=O) groups excluding carboxylic acids is 1. The van der Waals surface area contributed by atoms with Crippen molar-refractivity contribution < 1.29 is 4.79 Å². The Bertz CT molecular complexity index is 953. The summed E-state index contributed by atoms with van der Waals surface area (Å²) in [6.07, 6.45) is 6.46. The molecular weight excluding hydrogens is 358 g/mol. The summed E-state index contributed by atoms with van der Waals surface area (Å²) in [7, 11) is 0. The number of aromatic nitrogens is 5. The lowest BCUT2D eigenvalue weighted by molar-refractivity contribution is 0.104. The molecule has 0 unspecified atom stereocenters. The maximum Gasteiger partial charge on any atom is 0.205 e. The van der Waals surface area contributed by atoms with Crippen molar-refractivity contribution in [2.45, 2.75) is 13.5 Å². The van der Waals surface area contributed by atoms with Crippen LogP contribution in [0.1, 0.15) is 23.1 Å². The third-order valence-corrected chi connectivity index (χ3v) is 4.29. The molecule has 2 aromatic heterocycles. The second kappa shape index (κ2) is 5.27. The van der Waals surface area contributed by atoms with E-state index in [-0.39, 0.29) is 5.78 Å². The number of fused-ring (bicyclic) bond motifs is 5. The fourth-order valence-corrected chi connectivity index (χ4v) is 3.16. The van der Waals surface area contributed by atoms with E-state index < -0.39 is 0 Å². The minimum Gasteiger partial charge on any atom is -0.300 e. The van der Waals surface area contributed by atoms with Crippen molar-refractivity contribution in [1.29, 1.82) is 0 Å². The van der Waals surface area contributed by atoms with Crippen molar-refractivity contribution in [3.63, 3.8) is 0 Å². The van der Waals surface area contributed by atoms with Crippen LogP contribution in [0.5, 0.6) is 0 Å². The van der Waals surface area contributed by atoms with Crippen LogP contribution in [-0.2, 0) is 6.54 Å². The van der Waals surface area contributed by atoms with Crippen LogP contribution in [0, 0.1) is 0 Å². The van der Waals surface area contributed by atoms with Crippen LogP contribution in [-0.4, -0.2) is 30.1 Å². The summed E-state index contributed by atoms with van der Waals surface area (Å²) in [4.78, 5) is 21.0. The number of nitrogens with zero attached hydrogens (tertiary/aromatic N) is 5. The van der Waals surface area contributed by atoms with E-state index in [1.54, 1.807) is 17.1 Å². The lowest BCUT2D eigenvalue weighted by Gasteiger charge is -2.08. The average molecular weight is 370 g/mol. The maximum atomic E-state index is 12.3. The summed E-state index contributed by atoms with van der Waals surface area (Å²) in [6, 6.07) is 5.94. The Labute approximate surface area is 140 Å². The van der Waals surface area contributed by atoms with Gasteiger partial charge in [0.2, 0.25) is 5.78 Å². The summed E-state index contributed by atoms with van der Waals surface area (Å²) < 4.78 is 4.69. The molecule has 6 nitrogen and oxygen atoms in total. The second-order valence-electron chi connectivity index (χ2n) is 5.18. The highest BCUT2D eigenvalue weighted by molar-refractivity contribution is 9.10. The number of benzene rings is 1. The standard InChI is InChI=1S/C16H12BrN5O/c1-2-3-14(23)15-13-7-22-16(18-8-20-22)11-6-10(17)4-5-12(11)21(13)9-19-15/h2-6,8-9H,7H2,1H3/b3-2+. The zero-order chi connectivity index (χ0) is 16.0. The van der Waals surface area contributed by atoms with Gasteiger partial charge in [0.1, 0.15) is 18.3 Å². The van der Waals surface area contributed by atoms with E-state index >= 15 is 0 Å². The van der Waals surface area contributed by atoms with Crippen molar-refractivity contribution in [1.82, 2.24) is 24.3 Å². The molecule has 0 amide bonds. The molecule has 0 atom stereocenters. The van der Waals surface area contributed by atoms with Crippen LogP contribution < -0.4 is 0 Å². The predicted octanol–water partition coefficient (Wildman–Crippen LogP) is 3.01. The molecule has 114 valence electrons. The SMILES string of the molecule is C/C=C/C(=O)c1ncn2c1Cn1ncnc1-c1cc(Br)ccc1-2. The highest BCUT2D eigenvalue weighted by Crippen LogP contribution is 2.33. The monoisotopic (exact) mass is 369 g/mol. The smallest absolute Gasteiger partial charge is 0.205 e. The Kier molecular flexibility index (Phi) is 3.23.